The molecule has 1 amide bonds. The van der Waals surface area contributed by atoms with E-state index in [1.54, 1.807) is 23.3 Å². The number of hydrogen-bond acceptors (Lipinski definition) is 5. The van der Waals surface area contributed by atoms with Crippen molar-refractivity contribution in [1.29, 1.82) is 0 Å². The van der Waals surface area contributed by atoms with Crippen molar-refractivity contribution in [3.8, 4) is 11.7 Å². The number of halogens is 2. The van der Waals surface area contributed by atoms with E-state index in [1.807, 2.05) is 14.0 Å². The van der Waals surface area contributed by atoms with Gasteiger partial charge in [0.05, 0.1) is 18.4 Å². The highest BCUT2D eigenvalue weighted by Gasteiger charge is 2.25. The molecule has 0 aromatic carbocycles. The van der Waals surface area contributed by atoms with Gasteiger partial charge in [-0.1, -0.05) is 0 Å². The molecular formula is C15H21Cl2N3O3. The van der Waals surface area contributed by atoms with Gasteiger partial charge in [-0.3, -0.25) is 4.79 Å². The standard InChI is InChI=1S/C15H19N3O3.2ClH/c1-10-12(17-15(21-10)13-4-3-7-20-13)8-14(19)18(2)11-5-6-16-9-11;;/h3-4,7,11,16H,5-6,8-9H2,1-2H3;2*1H. The third-order valence-electron chi connectivity index (χ3n) is 3.92. The summed E-state index contributed by atoms with van der Waals surface area (Å²) in [4.78, 5) is 18.5. The second kappa shape index (κ2) is 8.38. The number of nitrogens with one attached hydrogen (secondary N) is 1. The summed E-state index contributed by atoms with van der Waals surface area (Å²) in [5.74, 6) is 1.72. The molecule has 3 rings (SSSR count). The molecule has 1 saturated heterocycles. The Labute approximate surface area is 147 Å². The van der Waals surface area contributed by atoms with Crippen LogP contribution in [0.4, 0.5) is 0 Å². The van der Waals surface area contributed by atoms with Gasteiger partial charge in [0.15, 0.2) is 5.76 Å². The predicted octanol–water partition coefficient (Wildman–Crippen LogP) is 2.45. The van der Waals surface area contributed by atoms with Gasteiger partial charge in [0.25, 0.3) is 5.89 Å². The first-order valence-corrected chi connectivity index (χ1v) is 7.11. The third-order valence-corrected chi connectivity index (χ3v) is 3.92. The van der Waals surface area contributed by atoms with Crippen LogP contribution in [0.5, 0.6) is 0 Å². The second-order valence-corrected chi connectivity index (χ2v) is 5.33. The number of nitrogens with zero attached hydrogens (tertiary/aromatic N) is 2. The highest BCUT2D eigenvalue weighted by atomic mass is 35.5. The van der Waals surface area contributed by atoms with Crippen molar-refractivity contribution in [3.05, 3.63) is 29.9 Å². The molecule has 2 aromatic heterocycles. The lowest BCUT2D eigenvalue weighted by atomic mass is 10.2. The largest absolute Gasteiger partial charge is 0.459 e. The van der Waals surface area contributed by atoms with Crippen LogP contribution >= 0.6 is 24.8 Å². The van der Waals surface area contributed by atoms with Crippen LogP contribution in [-0.2, 0) is 11.2 Å². The second-order valence-electron chi connectivity index (χ2n) is 5.33. The maximum Gasteiger partial charge on any atom is 0.263 e. The van der Waals surface area contributed by atoms with Gasteiger partial charge < -0.3 is 19.1 Å². The summed E-state index contributed by atoms with van der Waals surface area (Å²) in [7, 11) is 1.85. The van der Waals surface area contributed by atoms with Crippen molar-refractivity contribution < 1.29 is 13.6 Å². The summed E-state index contributed by atoms with van der Waals surface area (Å²) in [5, 5.41) is 3.27. The molecule has 0 bridgehead atoms. The van der Waals surface area contributed by atoms with E-state index < -0.39 is 0 Å². The number of carbonyl (C=O) groups is 1. The number of amides is 1. The topological polar surface area (TPSA) is 71.5 Å². The number of furan rings is 1. The van der Waals surface area contributed by atoms with Crippen LogP contribution in [0, 0.1) is 6.92 Å². The summed E-state index contributed by atoms with van der Waals surface area (Å²) < 4.78 is 10.8. The highest BCUT2D eigenvalue weighted by Crippen LogP contribution is 2.22. The molecule has 1 unspecified atom stereocenters. The van der Waals surface area contributed by atoms with E-state index in [2.05, 4.69) is 10.3 Å². The monoisotopic (exact) mass is 361 g/mol. The Balaban J connectivity index is 0.00000132. The number of oxazole rings is 1. The minimum Gasteiger partial charge on any atom is -0.459 e. The maximum absolute atomic E-state index is 12.3. The smallest absolute Gasteiger partial charge is 0.263 e. The first kappa shape index (κ1) is 19.5. The fourth-order valence-corrected chi connectivity index (χ4v) is 2.54. The van der Waals surface area contributed by atoms with Crippen LogP contribution in [0.3, 0.4) is 0 Å². The van der Waals surface area contributed by atoms with Gasteiger partial charge in [0.1, 0.15) is 5.76 Å². The summed E-state index contributed by atoms with van der Waals surface area (Å²) in [6.07, 6.45) is 2.82. The van der Waals surface area contributed by atoms with Gasteiger partial charge in [-0.05, 0) is 32.0 Å². The molecule has 128 valence electrons. The SMILES string of the molecule is Cc1oc(-c2ccco2)nc1CC(=O)N(C)C1CCNC1.Cl.Cl. The number of rotatable bonds is 4. The van der Waals surface area contributed by atoms with E-state index in [9.17, 15) is 4.79 Å². The van der Waals surface area contributed by atoms with Crippen LogP contribution in [-0.4, -0.2) is 42.0 Å². The lowest BCUT2D eigenvalue weighted by Crippen LogP contribution is -2.39. The van der Waals surface area contributed by atoms with Crippen molar-refractivity contribution in [2.24, 2.45) is 0 Å². The molecule has 2 aromatic rings. The Hall–Kier alpha value is -1.50. The lowest BCUT2D eigenvalue weighted by Gasteiger charge is -2.23. The van der Waals surface area contributed by atoms with E-state index in [-0.39, 0.29) is 43.2 Å². The fourth-order valence-electron chi connectivity index (χ4n) is 2.54. The molecule has 3 heterocycles. The van der Waals surface area contributed by atoms with Gasteiger partial charge >= 0.3 is 0 Å². The molecule has 1 fully saturated rings. The Morgan fingerprint density at radius 2 is 2.26 bits per heavy atom. The van der Waals surface area contributed by atoms with Crippen LogP contribution in [0.2, 0.25) is 0 Å². The molecule has 1 aliphatic heterocycles. The highest BCUT2D eigenvalue weighted by molar-refractivity contribution is 5.85. The number of carbonyl (C=O) groups excluding carboxylic acids is 1. The first-order chi connectivity index (χ1) is 10.1. The van der Waals surface area contributed by atoms with E-state index in [4.69, 9.17) is 8.83 Å². The predicted molar refractivity (Wildman–Crippen MR) is 91.2 cm³/mol. The fraction of sp³-hybridized carbons (Fsp3) is 0.467. The zero-order chi connectivity index (χ0) is 14.8. The summed E-state index contributed by atoms with van der Waals surface area (Å²) in [5.41, 5.74) is 0.671. The average Bonchev–Trinajstić information content (AvgIpc) is 3.20. The molecule has 23 heavy (non-hydrogen) atoms. The average molecular weight is 362 g/mol. The van der Waals surface area contributed by atoms with E-state index in [0.29, 0.717) is 23.1 Å². The molecular weight excluding hydrogens is 341 g/mol. The Morgan fingerprint density at radius 1 is 1.48 bits per heavy atom. The molecule has 1 N–H and O–H groups in total. The van der Waals surface area contributed by atoms with Crippen molar-refractivity contribution in [3.63, 3.8) is 0 Å². The van der Waals surface area contributed by atoms with Crippen LogP contribution in [0.25, 0.3) is 11.7 Å². The lowest BCUT2D eigenvalue weighted by molar-refractivity contribution is -0.131. The number of hydrogen-bond donors (Lipinski definition) is 1. The zero-order valence-electron chi connectivity index (χ0n) is 13.1. The maximum atomic E-state index is 12.3. The minimum atomic E-state index is 0. The third kappa shape index (κ3) is 4.28. The van der Waals surface area contributed by atoms with Crippen LogP contribution in [0.1, 0.15) is 17.9 Å². The van der Waals surface area contributed by atoms with Gasteiger partial charge in [0, 0.05) is 19.6 Å². The van der Waals surface area contributed by atoms with Gasteiger partial charge in [-0.15, -0.1) is 24.8 Å². The quantitative estimate of drug-likeness (QED) is 0.905. The van der Waals surface area contributed by atoms with E-state index >= 15 is 0 Å². The molecule has 0 aliphatic carbocycles. The number of aromatic nitrogens is 1. The van der Waals surface area contributed by atoms with E-state index in [0.717, 1.165) is 19.5 Å². The van der Waals surface area contributed by atoms with Crippen molar-refractivity contribution in [2.45, 2.75) is 25.8 Å². The van der Waals surface area contributed by atoms with Crippen LogP contribution in [0.15, 0.2) is 27.2 Å². The molecule has 0 spiro atoms. The number of aryl methyl sites for hydroxylation is 1. The van der Waals surface area contributed by atoms with Crippen molar-refractivity contribution in [1.82, 2.24) is 15.2 Å². The summed E-state index contributed by atoms with van der Waals surface area (Å²) in [6.45, 7) is 3.64. The molecule has 0 saturated carbocycles. The molecule has 1 atom stereocenters. The van der Waals surface area contributed by atoms with Crippen molar-refractivity contribution >= 4 is 30.7 Å². The van der Waals surface area contributed by atoms with Crippen LogP contribution < -0.4 is 5.32 Å². The molecule has 0 radical (unpaired) electrons. The summed E-state index contributed by atoms with van der Waals surface area (Å²) >= 11 is 0. The molecule has 1 aliphatic rings. The van der Waals surface area contributed by atoms with E-state index in [1.165, 1.54) is 0 Å². The van der Waals surface area contributed by atoms with Gasteiger partial charge in [-0.2, -0.15) is 0 Å². The summed E-state index contributed by atoms with van der Waals surface area (Å²) in [6, 6.07) is 3.84. The Kier molecular flexibility index (Phi) is 7.12. The molecule has 8 heteroatoms. The minimum absolute atomic E-state index is 0. The Morgan fingerprint density at radius 3 is 2.87 bits per heavy atom. The Bertz CT molecular complexity index is 622. The van der Waals surface area contributed by atoms with Crippen molar-refractivity contribution in [2.75, 3.05) is 20.1 Å². The first-order valence-electron chi connectivity index (χ1n) is 7.11. The number of likely N-dealkylation sites (N-methyl/N-ethyl adjacent to an activating group) is 1. The van der Waals surface area contributed by atoms with Gasteiger partial charge in [0.2, 0.25) is 5.91 Å². The molecule has 6 nitrogen and oxygen atoms in total. The zero-order valence-corrected chi connectivity index (χ0v) is 14.7. The van der Waals surface area contributed by atoms with Gasteiger partial charge in [-0.25, -0.2) is 4.98 Å². The normalized spacial score (nSPS) is 16.5.